The molecule has 0 bridgehead atoms. The summed E-state index contributed by atoms with van der Waals surface area (Å²) in [6.45, 7) is 1.21. The van der Waals surface area contributed by atoms with Crippen LogP contribution in [0.2, 0.25) is 0 Å². The number of alkyl halides is 1. The van der Waals surface area contributed by atoms with Crippen LogP contribution in [0.25, 0.3) is 0 Å². The third-order valence-electron chi connectivity index (χ3n) is 4.28. The summed E-state index contributed by atoms with van der Waals surface area (Å²) in [5.74, 6) is 1.44. The molecule has 2 nitrogen and oxygen atoms in total. The molecule has 0 N–H and O–H groups in total. The highest BCUT2D eigenvalue weighted by Gasteiger charge is 2.35. The Morgan fingerprint density at radius 3 is 3.06 bits per heavy atom. The number of fused-ring (bicyclic) bond motifs is 1. The van der Waals surface area contributed by atoms with Crippen LogP contribution in [0, 0.1) is 5.92 Å². The lowest BCUT2D eigenvalue weighted by Gasteiger charge is -2.33. The molecule has 0 amide bonds. The van der Waals surface area contributed by atoms with Gasteiger partial charge in [0.2, 0.25) is 0 Å². The van der Waals surface area contributed by atoms with E-state index >= 15 is 0 Å². The molecule has 17 heavy (non-hydrogen) atoms. The van der Waals surface area contributed by atoms with Gasteiger partial charge in [0, 0.05) is 24.5 Å². The van der Waals surface area contributed by atoms with Crippen LogP contribution in [0.1, 0.15) is 37.8 Å². The molecule has 3 rings (SSSR count). The van der Waals surface area contributed by atoms with E-state index in [0.29, 0.717) is 5.88 Å². The molecule has 0 radical (unpaired) electrons. The lowest BCUT2D eigenvalue weighted by atomic mass is 9.85. The lowest BCUT2D eigenvalue weighted by Crippen LogP contribution is -2.34. The Labute approximate surface area is 108 Å². The number of nitrogens with zero attached hydrogens (tertiary/aromatic N) is 2. The van der Waals surface area contributed by atoms with Gasteiger partial charge in [0.25, 0.3) is 0 Å². The molecule has 92 valence electrons. The zero-order valence-corrected chi connectivity index (χ0v) is 10.9. The summed E-state index contributed by atoms with van der Waals surface area (Å²) < 4.78 is 0. The number of pyridine rings is 1. The smallest absolute Gasteiger partial charge is 0.0648 e. The number of anilines is 1. The summed E-state index contributed by atoms with van der Waals surface area (Å²) in [5.41, 5.74) is 2.31. The second-order valence-corrected chi connectivity index (χ2v) is 5.50. The molecule has 0 aromatic carbocycles. The topological polar surface area (TPSA) is 16.1 Å². The highest BCUT2D eigenvalue weighted by molar-refractivity contribution is 6.16. The first-order chi connectivity index (χ1) is 8.38. The van der Waals surface area contributed by atoms with E-state index in [9.17, 15) is 0 Å². The van der Waals surface area contributed by atoms with Crippen LogP contribution in [0.3, 0.4) is 0 Å². The van der Waals surface area contributed by atoms with Gasteiger partial charge in [0.1, 0.15) is 0 Å². The fourth-order valence-electron chi connectivity index (χ4n) is 3.44. The average Bonchev–Trinajstić information content (AvgIpc) is 2.82. The number of aromatic nitrogens is 1. The molecular formula is C14H19ClN2. The van der Waals surface area contributed by atoms with E-state index in [1.807, 2.05) is 6.20 Å². The maximum Gasteiger partial charge on any atom is 0.0648 e. The minimum absolute atomic E-state index is 0.510. The molecule has 1 aromatic rings. The molecule has 1 aromatic heterocycles. The van der Waals surface area contributed by atoms with Gasteiger partial charge in [0.05, 0.1) is 11.6 Å². The molecule has 2 atom stereocenters. The summed E-state index contributed by atoms with van der Waals surface area (Å²) in [7, 11) is 0. The van der Waals surface area contributed by atoms with Crippen LogP contribution < -0.4 is 4.90 Å². The zero-order chi connectivity index (χ0) is 11.7. The summed E-state index contributed by atoms with van der Waals surface area (Å²) in [6.07, 6.45) is 8.87. The van der Waals surface area contributed by atoms with Crippen LogP contribution in [-0.2, 0) is 5.88 Å². The van der Waals surface area contributed by atoms with Gasteiger partial charge in [-0.05, 0) is 37.3 Å². The van der Waals surface area contributed by atoms with Gasteiger partial charge in [-0.15, -0.1) is 11.6 Å². The second-order valence-electron chi connectivity index (χ2n) is 5.23. The minimum atomic E-state index is 0.510. The normalized spacial score (nSPS) is 28.2. The molecule has 2 aliphatic rings. The molecule has 2 unspecified atom stereocenters. The van der Waals surface area contributed by atoms with Crippen LogP contribution in [0.15, 0.2) is 18.3 Å². The lowest BCUT2D eigenvalue weighted by molar-refractivity contribution is 0.342. The molecule has 0 spiro atoms. The van der Waals surface area contributed by atoms with Crippen LogP contribution >= 0.6 is 11.6 Å². The summed E-state index contributed by atoms with van der Waals surface area (Å²) >= 11 is 5.86. The molecule has 1 saturated heterocycles. The maximum absolute atomic E-state index is 5.86. The Kier molecular flexibility index (Phi) is 3.24. The first-order valence-electron chi connectivity index (χ1n) is 6.66. The van der Waals surface area contributed by atoms with E-state index in [1.165, 1.54) is 44.3 Å². The Morgan fingerprint density at radius 2 is 2.18 bits per heavy atom. The van der Waals surface area contributed by atoms with Crippen molar-refractivity contribution in [1.82, 2.24) is 4.98 Å². The SMILES string of the molecule is ClCc1cc(N2CCC3CCCCC32)ccn1. The predicted octanol–water partition coefficient (Wildman–Crippen LogP) is 3.59. The van der Waals surface area contributed by atoms with Gasteiger partial charge in [-0.2, -0.15) is 0 Å². The number of hydrogen-bond donors (Lipinski definition) is 0. The monoisotopic (exact) mass is 250 g/mol. The van der Waals surface area contributed by atoms with Crippen LogP contribution in [0.5, 0.6) is 0 Å². The van der Waals surface area contributed by atoms with Gasteiger partial charge in [-0.25, -0.2) is 0 Å². The summed E-state index contributed by atoms with van der Waals surface area (Å²) in [5, 5.41) is 0. The maximum atomic E-state index is 5.86. The van der Waals surface area contributed by atoms with Crippen LogP contribution in [0.4, 0.5) is 5.69 Å². The number of rotatable bonds is 2. The third kappa shape index (κ3) is 2.15. The van der Waals surface area contributed by atoms with E-state index in [1.54, 1.807) is 0 Å². The van der Waals surface area contributed by atoms with Gasteiger partial charge < -0.3 is 4.90 Å². The zero-order valence-electron chi connectivity index (χ0n) is 10.1. The largest absolute Gasteiger partial charge is 0.368 e. The number of halogens is 1. The molecule has 1 saturated carbocycles. The minimum Gasteiger partial charge on any atom is -0.368 e. The van der Waals surface area contributed by atoms with Gasteiger partial charge in [0.15, 0.2) is 0 Å². The quantitative estimate of drug-likeness (QED) is 0.746. The molecule has 3 heteroatoms. The molecule has 2 heterocycles. The van der Waals surface area contributed by atoms with E-state index in [4.69, 9.17) is 11.6 Å². The van der Waals surface area contributed by atoms with Crippen molar-refractivity contribution in [1.29, 1.82) is 0 Å². The Bertz CT molecular complexity index is 394. The first-order valence-corrected chi connectivity index (χ1v) is 7.19. The van der Waals surface area contributed by atoms with Crippen molar-refractivity contribution in [2.24, 2.45) is 5.92 Å². The highest BCUT2D eigenvalue weighted by Crippen LogP contribution is 2.38. The van der Waals surface area contributed by atoms with Crippen LogP contribution in [-0.4, -0.2) is 17.6 Å². The standard InChI is InChI=1S/C14H19ClN2/c15-10-12-9-13(5-7-16-12)17-8-6-11-3-1-2-4-14(11)17/h5,7,9,11,14H,1-4,6,8,10H2. The van der Waals surface area contributed by atoms with Crippen molar-refractivity contribution < 1.29 is 0 Å². The number of hydrogen-bond acceptors (Lipinski definition) is 2. The van der Waals surface area contributed by atoms with Gasteiger partial charge in [-0.1, -0.05) is 12.8 Å². The van der Waals surface area contributed by atoms with Crippen molar-refractivity contribution in [2.45, 2.75) is 44.0 Å². The predicted molar refractivity (Wildman–Crippen MR) is 71.5 cm³/mol. The summed E-state index contributed by atoms with van der Waals surface area (Å²) in [4.78, 5) is 6.86. The van der Waals surface area contributed by atoms with Crippen molar-refractivity contribution in [3.8, 4) is 0 Å². The van der Waals surface area contributed by atoms with Crippen molar-refractivity contribution >= 4 is 17.3 Å². The van der Waals surface area contributed by atoms with E-state index < -0.39 is 0 Å². The van der Waals surface area contributed by atoms with E-state index in [0.717, 1.165) is 17.7 Å². The highest BCUT2D eigenvalue weighted by atomic mass is 35.5. The third-order valence-corrected chi connectivity index (χ3v) is 4.55. The fourth-order valence-corrected chi connectivity index (χ4v) is 3.59. The second kappa shape index (κ2) is 4.85. The van der Waals surface area contributed by atoms with Crippen molar-refractivity contribution in [3.05, 3.63) is 24.0 Å². The van der Waals surface area contributed by atoms with Crippen molar-refractivity contribution in [2.75, 3.05) is 11.4 Å². The van der Waals surface area contributed by atoms with Crippen molar-refractivity contribution in [3.63, 3.8) is 0 Å². The summed E-state index contributed by atoms with van der Waals surface area (Å²) in [6, 6.07) is 5.06. The molecule has 1 aliphatic carbocycles. The molecule has 1 aliphatic heterocycles. The van der Waals surface area contributed by atoms with E-state index in [2.05, 4.69) is 22.0 Å². The van der Waals surface area contributed by atoms with E-state index in [-0.39, 0.29) is 0 Å². The molecule has 2 fully saturated rings. The first kappa shape index (κ1) is 11.3. The Hall–Kier alpha value is -0.760. The van der Waals surface area contributed by atoms with Gasteiger partial charge >= 0.3 is 0 Å². The Balaban J connectivity index is 1.83. The average molecular weight is 251 g/mol. The van der Waals surface area contributed by atoms with Gasteiger partial charge in [-0.3, -0.25) is 4.98 Å². The Morgan fingerprint density at radius 1 is 1.29 bits per heavy atom. The fraction of sp³-hybridized carbons (Fsp3) is 0.643. The molecular weight excluding hydrogens is 232 g/mol.